The Morgan fingerprint density at radius 3 is 2.94 bits per heavy atom. The van der Waals surface area contributed by atoms with Crippen LogP contribution in [0.15, 0.2) is 18.5 Å². The van der Waals surface area contributed by atoms with E-state index < -0.39 is 0 Å². The fraction of sp³-hybridized carbons (Fsp3) is 0.643. The van der Waals surface area contributed by atoms with E-state index in [4.69, 9.17) is 0 Å². The summed E-state index contributed by atoms with van der Waals surface area (Å²) in [4.78, 5) is 4.26. The standard InChI is InChI=1S/C14H22N2/c1-3-7-16-14(9-12-4-5-12)13-10-15-8-6-11(13)2/h6,8,10,12,14,16H,3-5,7,9H2,1-2H3. The lowest BCUT2D eigenvalue weighted by molar-refractivity contribution is 0.471. The molecule has 1 saturated carbocycles. The minimum absolute atomic E-state index is 0.515. The zero-order valence-electron chi connectivity index (χ0n) is 10.4. The summed E-state index contributed by atoms with van der Waals surface area (Å²) in [6.07, 6.45) is 9.23. The highest BCUT2D eigenvalue weighted by molar-refractivity contribution is 5.25. The largest absolute Gasteiger partial charge is 0.310 e. The van der Waals surface area contributed by atoms with Gasteiger partial charge in [0.05, 0.1) is 0 Å². The van der Waals surface area contributed by atoms with Crippen molar-refractivity contribution in [2.24, 2.45) is 5.92 Å². The van der Waals surface area contributed by atoms with Gasteiger partial charge < -0.3 is 5.32 Å². The summed E-state index contributed by atoms with van der Waals surface area (Å²) in [6, 6.07) is 2.63. The fourth-order valence-electron chi connectivity index (χ4n) is 2.17. The molecule has 0 saturated heterocycles. The Hall–Kier alpha value is -0.890. The molecule has 16 heavy (non-hydrogen) atoms. The normalized spacial score (nSPS) is 17.4. The van der Waals surface area contributed by atoms with E-state index in [9.17, 15) is 0 Å². The highest BCUT2D eigenvalue weighted by atomic mass is 14.9. The van der Waals surface area contributed by atoms with Gasteiger partial charge in [-0.1, -0.05) is 19.8 Å². The molecule has 0 radical (unpaired) electrons. The first-order chi connectivity index (χ1) is 7.81. The van der Waals surface area contributed by atoms with E-state index in [1.165, 1.54) is 36.8 Å². The second-order valence-corrected chi connectivity index (χ2v) is 4.92. The third-order valence-electron chi connectivity index (χ3n) is 3.36. The molecular formula is C14H22N2. The second-order valence-electron chi connectivity index (χ2n) is 4.92. The molecule has 1 aromatic heterocycles. The van der Waals surface area contributed by atoms with E-state index in [1.54, 1.807) is 0 Å². The number of aromatic nitrogens is 1. The van der Waals surface area contributed by atoms with Crippen LogP contribution in [0.25, 0.3) is 0 Å². The van der Waals surface area contributed by atoms with Crippen molar-refractivity contribution < 1.29 is 0 Å². The molecule has 1 heterocycles. The summed E-state index contributed by atoms with van der Waals surface area (Å²) in [5, 5.41) is 3.66. The molecule has 0 aromatic carbocycles. The van der Waals surface area contributed by atoms with E-state index in [0.29, 0.717) is 6.04 Å². The van der Waals surface area contributed by atoms with Crippen molar-refractivity contribution in [1.29, 1.82) is 0 Å². The summed E-state index contributed by atoms with van der Waals surface area (Å²) in [5.41, 5.74) is 2.76. The lowest BCUT2D eigenvalue weighted by atomic mass is 9.99. The zero-order valence-corrected chi connectivity index (χ0v) is 10.4. The SMILES string of the molecule is CCCNC(CC1CC1)c1cnccc1C. The van der Waals surface area contributed by atoms with Crippen molar-refractivity contribution in [3.63, 3.8) is 0 Å². The van der Waals surface area contributed by atoms with Crippen LogP contribution < -0.4 is 5.32 Å². The van der Waals surface area contributed by atoms with Gasteiger partial charge in [0.15, 0.2) is 0 Å². The summed E-state index contributed by atoms with van der Waals surface area (Å²) in [5.74, 6) is 0.953. The predicted octanol–water partition coefficient (Wildman–Crippen LogP) is 3.23. The monoisotopic (exact) mass is 218 g/mol. The average molecular weight is 218 g/mol. The molecule has 0 spiro atoms. The van der Waals surface area contributed by atoms with Crippen molar-refractivity contribution in [2.75, 3.05) is 6.54 Å². The average Bonchev–Trinajstić information content (AvgIpc) is 3.09. The van der Waals surface area contributed by atoms with Crippen molar-refractivity contribution in [3.8, 4) is 0 Å². The molecule has 1 unspecified atom stereocenters. The molecule has 0 aliphatic heterocycles. The van der Waals surface area contributed by atoms with E-state index in [1.807, 2.05) is 12.4 Å². The van der Waals surface area contributed by atoms with Gasteiger partial charge >= 0.3 is 0 Å². The molecule has 1 N–H and O–H groups in total. The van der Waals surface area contributed by atoms with Crippen LogP contribution in [0.4, 0.5) is 0 Å². The van der Waals surface area contributed by atoms with Gasteiger partial charge in [0.25, 0.3) is 0 Å². The van der Waals surface area contributed by atoms with Crippen molar-refractivity contribution in [3.05, 3.63) is 29.6 Å². The molecule has 1 aliphatic carbocycles. The number of aryl methyl sites for hydroxylation is 1. The molecule has 2 heteroatoms. The smallest absolute Gasteiger partial charge is 0.0340 e. The Morgan fingerprint density at radius 1 is 1.50 bits per heavy atom. The van der Waals surface area contributed by atoms with Crippen LogP contribution >= 0.6 is 0 Å². The number of pyridine rings is 1. The zero-order chi connectivity index (χ0) is 11.4. The first-order valence-electron chi connectivity index (χ1n) is 6.45. The Kier molecular flexibility index (Phi) is 3.94. The van der Waals surface area contributed by atoms with E-state index >= 15 is 0 Å². The number of rotatable bonds is 6. The van der Waals surface area contributed by atoms with Crippen LogP contribution in [0.3, 0.4) is 0 Å². The minimum Gasteiger partial charge on any atom is -0.310 e. The lowest BCUT2D eigenvalue weighted by Crippen LogP contribution is -2.23. The van der Waals surface area contributed by atoms with E-state index in [2.05, 4.69) is 30.2 Å². The molecule has 2 nitrogen and oxygen atoms in total. The quantitative estimate of drug-likeness (QED) is 0.793. The first kappa shape index (κ1) is 11.6. The van der Waals surface area contributed by atoms with Crippen LogP contribution in [0.5, 0.6) is 0 Å². The van der Waals surface area contributed by atoms with Crippen molar-refractivity contribution in [1.82, 2.24) is 10.3 Å². The highest BCUT2D eigenvalue weighted by Gasteiger charge is 2.26. The molecular weight excluding hydrogens is 196 g/mol. The summed E-state index contributed by atoms with van der Waals surface area (Å²) in [6.45, 7) is 5.51. The second kappa shape index (κ2) is 5.44. The van der Waals surface area contributed by atoms with Crippen molar-refractivity contribution in [2.45, 2.75) is 45.6 Å². The first-order valence-corrected chi connectivity index (χ1v) is 6.45. The summed E-state index contributed by atoms with van der Waals surface area (Å²) >= 11 is 0. The molecule has 1 aromatic rings. The third-order valence-corrected chi connectivity index (χ3v) is 3.36. The van der Waals surface area contributed by atoms with Crippen LogP contribution in [-0.4, -0.2) is 11.5 Å². The van der Waals surface area contributed by atoms with Gasteiger partial charge in [-0.15, -0.1) is 0 Å². The third kappa shape index (κ3) is 3.05. The number of nitrogens with zero attached hydrogens (tertiary/aromatic N) is 1. The number of hydrogen-bond acceptors (Lipinski definition) is 2. The predicted molar refractivity (Wildman–Crippen MR) is 67.3 cm³/mol. The van der Waals surface area contributed by atoms with Gasteiger partial charge in [0, 0.05) is 18.4 Å². The van der Waals surface area contributed by atoms with Gasteiger partial charge in [-0.3, -0.25) is 4.98 Å². The highest BCUT2D eigenvalue weighted by Crippen LogP contribution is 2.38. The molecule has 88 valence electrons. The molecule has 1 fully saturated rings. The Balaban J connectivity index is 2.06. The molecule has 1 aliphatic rings. The maximum atomic E-state index is 4.26. The van der Waals surface area contributed by atoms with Gasteiger partial charge in [0.2, 0.25) is 0 Å². The maximum absolute atomic E-state index is 4.26. The van der Waals surface area contributed by atoms with Gasteiger partial charge in [-0.05, 0) is 49.4 Å². The molecule has 1 atom stereocenters. The van der Waals surface area contributed by atoms with Crippen LogP contribution in [0.1, 0.15) is 49.8 Å². The van der Waals surface area contributed by atoms with Crippen LogP contribution in [0.2, 0.25) is 0 Å². The van der Waals surface area contributed by atoms with Gasteiger partial charge in [-0.2, -0.15) is 0 Å². The number of hydrogen-bond donors (Lipinski definition) is 1. The topological polar surface area (TPSA) is 24.9 Å². The van der Waals surface area contributed by atoms with Crippen LogP contribution in [0, 0.1) is 12.8 Å². The van der Waals surface area contributed by atoms with Gasteiger partial charge in [0.1, 0.15) is 0 Å². The van der Waals surface area contributed by atoms with E-state index in [0.717, 1.165) is 12.5 Å². The van der Waals surface area contributed by atoms with E-state index in [-0.39, 0.29) is 0 Å². The molecule has 0 bridgehead atoms. The van der Waals surface area contributed by atoms with Crippen molar-refractivity contribution >= 4 is 0 Å². The lowest BCUT2D eigenvalue weighted by Gasteiger charge is -2.20. The van der Waals surface area contributed by atoms with Gasteiger partial charge in [-0.25, -0.2) is 0 Å². The molecule has 2 rings (SSSR count). The molecule has 0 amide bonds. The Bertz CT molecular complexity index is 331. The summed E-state index contributed by atoms with van der Waals surface area (Å²) in [7, 11) is 0. The Labute approximate surface area is 98.5 Å². The van der Waals surface area contributed by atoms with Crippen LogP contribution in [-0.2, 0) is 0 Å². The maximum Gasteiger partial charge on any atom is 0.0340 e. The fourth-order valence-corrected chi connectivity index (χ4v) is 2.17. The summed E-state index contributed by atoms with van der Waals surface area (Å²) < 4.78 is 0. The minimum atomic E-state index is 0.515. The Morgan fingerprint density at radius 2 is 2.31 bits per heavy atom. The number of nitrogens with one attached hydrogen (secondary N) is 1.